The van der Waals surface area contributed by atoms with Crippen LogP contribution < -0.4 is 10.9 Å². The van der Waals surface area contributed by atoms with Crippen molar-refractivity contribution in [1.29, 1.82) is 0 Å². The van der Waals surface area contributed by atoms with E-state index in [1.807, 2.05) is 4.98 Å². The third-order valence-electron chi connectivity index (χ3n) is 2.60. The number of anilines is 1. The average molecular weight is 317 g/mol. The minimum atomic E-state index is -4.63. The summed E-state index contributed by atoms with van der Waals surface area (Å²) in [6.07, 6.45) is -4.10. The molecule has 4 nitrogen and oxygen atoms in total. The van der Waals surface area contributed by atoms with Crippen LogP contribution in [-0.2, 0) is 6.18 Å². The van der Waals surface area contributed by atoms with Gasteiger partial charge in [-0.15, -0.1) is 0 Å². The van der Waals surface area contributed by atoms with Gasteiger partial charge < -0.3 is 10.3 Å². The van der Waals surface area contributed by atoms with Crippen LogP contribution in [0, 0.1) is 0 Å². The molecular formula is C13H8ClF3N2O2. The monoisotopic (exact) mass is 316 g/mol. The molecular weight excluding hydrogens is 309 g/mol. The molecule has 0 spiro atoms. The number of amides is 1. The van der Waals surface area contributed by atoms with E-state index in [1.54, 1.807) is 6.07 Å². The summed E-state index contributed by atoms with van der Waals surface area (Å²) in [6, 6.07) is 6.53. The first-order valence-corrected chi connectivity index (χ1v) is 6.02. The second-order valence-corrected chi connectivity index (χ2v) is 4.47. The topological polar surface area (TPSA) is 62.0 Å². The predicted molar refractivity (Wildman–Crippen MR) is 71.5 cm³/mol. The van der Waals surface area contributed by atoms with Crippen molar-refractivity contribution in [3.63, 3.8) is 0 Å². The van der Waals surface area contributed by atoms with Crippen LogP contribution in [-0.4, -0.2) is 10.9 Å². The van der Waals surface area contributed by atoms with Crippen LogP contribution in [0.5, 0.6) is 0 Å². The van der Waals surface area contributed by atoms with Gasteiger partial charge in [-0.1, -0.05) is 23.7 Å². The fraction of sp³-hybridized carbons (Fsp3) is 0.0769. The van der Waals surface area contributed by atoms with Gasteiger partial charge in [0, 0.05) is 6.20 Å². The van der Waals surface area contributed by atoms with Crippen molar-refractivity contribution in [2.75, 3.05) is 5.32 Å². The van der Waals surface area contributed by atoms with E-state index >= 15 is 0 Å². The van der Waals surface area contributed by atoms with Gasteiger partial charge in [0.25, 0.3) is 11.5 Å². The van der Waals surface area contributed by atoms with Gasteiger partial charge in [-0.05, 0) is 18.2 Å². The molecule has 0 bridgehead atoms. The number of alkyl halides is 3. The summed E-state index contributed by atoms with van der Waals surface area (Å²) in [7, 11) is 0. The number of nitrogens with one attached hydrogen (secondary N) is 2. The molecule has 0 aliphatic carbocycles. The van der Waals surface area contributed by atoms with E-state index < -0.39 is 28.9 Å². The molecule has 0 aliphatic heterocycles. The fourth-order valence-electron chi connectivity index (χ4n) is 1.58. The summed E-state index contributed by atoms with van der Waals surface area (Å²) in [4.78, 5) is 25.3. The molecule has 0 fully saturated rings. The highest BCUT2D eigenvalue weighted by molar-refractivity contribution is 6.34. The fourth-order valence-corrected chi connectivity index (χ4v) is 1.80. The van der Waals surface area contributed by atoms with Crippen molar-refractivity contribution in [3.05, 3.63) is 63.0 Å². The zero-order valence-corrected chi connectivity index (χ0v) is 11.0. The zero-order chi connectivity index (χ0) is 15.6. The van der Waals surface area contributed by atoms with Gasteiger partial charge in [-0.2, -0.15) is 13.2 Å². The normalized spacial score (nSPS) is 11.2. The zero-order valence-electron chi connectivity index (χ0n) is 10.3. The van der Waals surface area contributed by atoms with E-state index in [4.69, 9.17) is 11.6 Å². The van der Waals surface area contributed by atoms with E-state index in [0.29, 0.717) is 12.3 Å². The van der Waals surface area contributed by atoms with Gasteiger partial charge >= 0.3 is 6.18 Å². The molecule has 8 heteroatoms. The summed E-state index contributed by atoms with van der Waals surface area (Å²) < 4.78 is 37.7. The molecule has 1 aromatic carbocycles. The van der Waals surface area contributed by atoms with Gasteiger partial charge in [-0.25, -0.2) is 0 Å². The van der Waals surface area contributed by atoms with E-state index in [1.165, 1.54) is 18.2 Å². The van der Waals surface area contributed by atoms with Crippen molar-refractivity contribution in [1.82, 2.24) is 4.98 Å². The maximum atomic E-state index is 12.6. The Labute approximate surface area is 121 Å². The van der Waals surface area contributed by atoms with Crippen LogP contribution in [0.2, 0.25) is 5.02 Å². The number of H-pyrrole nitrogens is 1. The molecule has 2 rings (SSSR count). The third-order valence-corrected chi connectivity index (χ3v) is 2.93. The number of benzene rings is 1. The lowest BCUT2D eigenvalue weighted by molar-refractivity contribution is -0.137. The molecule has 2 aromatic rings. The molecule has 21 heavy (non-hydrogen) atoms. The van der Waals surface area contributed by atoms with Crippen molar-refractivity contribution in [2.45, 2.75) is 6.18 Å². The van der Waals surface area contributed by atoms with Crippen LogP contribution in [0.1, 0.15) is 15.9 Å². The van der Waals surface area contributed by atoms with Gasteiger partial charge in [0.15, 0.2) is 0 Å². The summed E-state index contributed by atoms with van der Waals surface area (Å²) in [5, 5.41) is 2.24. The number of halogens is 4. The molecule has 0 radical (unpaired) electrons. The van der Waals surface area contributed by atoms with Gasteiger partial charge in [0.05, 0.1) is 16.1 Å². The number of hydrogen-bond donors (Lipinski definition) is 2. The standard InChI is InChI=1S/C13H8ClF3N2O2/c14-9-4-2-1-3-8(9)11(20)19-10-5-7(13(15,16)17)6-18-12(10)21/h1-6H,(H,18,21)(H,19,20). The largest absolute Gasteiger partial charge is 0.417 e. The van der Waals surface area contributed by atoms with Crippen molar-refractivity contribution in [3.8, 4) is 0 Å². The van der Waals surface area contributed by atoms with Crippen molar-refractivity contribution >= 4 is 23.2 Å². The SMILES string of the molecule is O=C(Nc1cc(C(F)(F)F)c[nH]c1=O)c1ccccc1Cl. The van der Waals surface area contributed by atoms with Crippen molar-refractivity contribution < 1.29 is 18.0 Å². The van der Waals surface area contributed by atoms with Crippen LogP contribution in [0.25, 0.3) is 0 Å². The van der Waals surface area contributed by atoms with E-state index in [-0.39, 0.29) is 10.6 Å². The smallest absolute Gasteiger partial charge is 0.327 e. The molecule has 0 atom stereocenters. The Balaban J connectivity index is 2.34. The Morgan fingerprint density at radius 2 is 1.90 bits per heavy atom. The number of aromatic amines is 1. The lowest BCUT2D eigenvalue weighted by Gasteiger charge is -2.09. The van der Waals surface area contributed by atoms with Crippen LogP contribution in [0.4, 0.5) is 18.9 Å². The van der Waals surface area contributed by atoms with Gasteiger partial charge in [0.2, 0.25) is 0 Å². The molecule has 0 saturated carbocycles. The summed E-state index contributed by atoms with van der Waals surface area (Å²) in [6.45, 7) is 0. The Kier molecular flexibility index (Phi) is 4.04. The van der Waals surface area contributed by atoms with E-state index in [2.05, 4.69) is 5.32 Å². The number of carbonyl (C=O) groups is 1. The first-order valence-electron chi connectivity index (χ1n) is 5.65. The minimum absolute atomic E-state index is 0.0518. The van der Waals surface area contributed by atoms with Gasteiger partial charge in [-0.3, -0.25) is 9.59 Å². The number of carbonyl (C=O) groups excluding carboxylic acids is 1. The van der Waals surface area contributed by atoms with E-state index in [0.717, 1.165) is 0 Å². The lowest BCUT2D eigenvalue weighted by atomic mass is 10.2. The van der Waals surface area contributed by atoms with Crippen LogP contribution in [0.15, 0.2) is 41.3 Å². The molecule has 1 heterocycles. The number of pyridine rings is 1. The summed E-state index contributed by atoms with van der Waals surface area (Å²) in [5.41, 5.74) is -2.37. The third kappa shape index (κ3) is 3.43. The molecule has 1 amide bonds. The Bertz CT molecular complexity index is 741. The number of aromatic nitrogens is 1. The first kappa shape index (κ1) is 15.1. The number of hydrogen-bond acceptors (Lipinski definition) is 2. The van der Waals surface area contributed by atoms with Gasteiger partial charge in [0.1, 0.15) is 5.69 Å². The maximum Gasteiger partial charge on any atom is 0.417 e. The summed E-state index contributed by atoms with van der Waals surface area (Å²) >= 11 is 5.80. The second kappa shape index (κ2) is 5.61. The molecule has 0 saturated heterocycles. The minimum Gasteiger partial charge on any atom is -0.327 e. The Hall–Kier alpha value is -2.28. The molecule has 1 aromatic heterocycles. The molecule has 0 unspecified atom stereocenters. The summed E-state index contributed by atoms with van der Waals surface area (Å²) in [5.74, 6) is -0.773. The lowest BCUT2D eigenvalue weighted by Crippen LogP contribution is -2.21. The number of rotatable bonds is 2. The highest BCUT2D eigenvalue weighted by Crippen LogP contribution is 2.29. The molecule has 2 N–H and O–H groups in total. The average Bonchev–Trinajstić information content (AvgIpc) is 2.40. The Morgan fingerprint density at radius 1 is 1.24 bits per heavy atom. The van der Waals surface area contributed by atoms with Crippen LogP contribution in [0.3, 0.4) is 0 Å². The van der Waals surface area contributed by atoms with Crippen LogP contribution >= 0.6 is 11.6 Å². The predicted octanol–water partition coefficient (Wildman–Crippen LogP) is 3.30. The molecule has 0 aliphatic rings. The van der Waals surface area contributed by atoms with E-state index in [9.17, 15) is 22.8 Å². The highest BCUT2D eigenvalue weighted by atomic mass is 35.5. The second-order valence-electron chi connectivity index (χ2n) is 4.06. The molecule has 110 valence electrons. The quantitative estimate of drug-likeness (QED) is 0.893. The van der Waals surface area contributed by atoms with Crippen molar-refractivity contribution in [2.24, 2.45) is 0 Å². The maximum absolute atomic E-state index is 12.6. The highest BCUT2D eigenvalue weighted by Gasteiger charge is 2.31. The Morgan fingerprint density at radius 3 is 2.52 bits per heavy atom. The first-order chi connectivity index (χ1) is 9.79.